The Morgan fingerprint density at radius 1 is 1.12 bits per heavy atom. The molecule has 1 aliphatic rings. The van der Waals surface area contributed by atoms with Gasteiger partial charge in [-0.1, -0.05) is 57.1 Å². The average molecular weight is 476 g/mol. The standard InChI is InChI=1S/C25H37N3O4S/c1-16(2)15-20-7-9-21(10-8-20)23(17(3)4)26-25(29)22-11-13-28(14-12-22)33(30,31)24-18(5)27-32-19(24)6/h7-10,16-17,22-23H,11-15H2,1-6H3,(H,26,29). The van der Waals surface area contributed by atoms with Gasteiger partial charge in [0, 0.05) is 19.0 Å². The zero-order chi connectivity index (χ0) is 24.3. The van der Waals surface area contributed by atoms with E-state index in [-0.39, 0.29) is 28.7 Å². The fourth-order valence-corrected chi connectivity index (χ4v) is 6.33. The Labute approximate surface area is 198 Å². The van der Waals surface area contributed by atoms with Gasteiger partial charge in [0.1, 0.15) is 10.6 Å². The van der Waals surface area contributed by atoms with Crippen molar-refractivity contribution in [1.29, 1.82) is 0 Å². The summed E-state index contributed by atoms with van der Waals surface area (Å²) in [6.45, 7) is 12.5. The number of nitrogens with one attached hydrogen (secondary N) is 1. The van der Waals surface area contributed by atoms with Crippen molar-refractivity contribution >= 4 is 15.9 Å². The highest BCUT2D eigenvalue weighted by molar-refractivity contribution is 7.89. The molecule has 2 aromatic rings. The van der Waals surface area contributed by atoms with E-state index in [1.807, 2.05) is 0 Å². The summed E-state index contributed by atoms with van der Waals surface area (Å²) >= 11 is 0. The van der Waals surface area contributed by atoms with E-state index in [9.17, 15) is 13.2 Å². The van der Waals surface area contributed by atoms with E-state index in [0.29, 0.717) is 43.3 Å². The Bertz CT molecular complexity index is 1030. The third-order valence-corrected chi connectivity index (χ3v) is 8.48. The molecule has 0 bridgehead atoms. The minimum absolute atomic E-state index is 0.00524. The summed E-state index contributed by atoms with van der Waals surface area (Å²) in [5, 5.41) is 7.00. The maximum atomic E-state index is 13.1. The monoisotopic (exact) mass is 475 g/mol. The predicted octanol–water partition coefficient (Wildman–Crippen LogP) is 4.40. The Balaban J connectivity index is 1.63. The SMILES string of the molecule is Cc1noc(C)c1S(=O)(=O)N1CCC(C(=O)NC(c2ccc(CC(C)C)cc2)C(C)C)CC1. The number of nitrogens with zero attached hydrogens (tertiary/aromatic N) is 2. The number of aryl methyl sites for hydroxylation is 2. The fourth-order valence-electron chi connectivity index (χ4n) is 4.57. The van der Waals surface area contributed by atoms with E-state index in [1.165, 1.54) is 9.87 Å². The van der Waals surface area contributed by atoms with E-state index in [4.69, 9.17) is 4.52 Å². The van der Waals surface area contributed by atoms with Crippen LogP contribution in [-0.2, 0) is 21.2 Å². The Morgan fingerprint density at radius 2 is 1.73 bits per heavy atom. The lowest BCUT2D eigenvalue weighted by Gasteiger charge is -2.32. The van der Waals surface area contributed by atoms with E-state index < -0.39 is 10.0 Å². The van der Waals surface area contributed by atoms with Crippen LogP contribution in [0.1, 0.15) is 69.2 Å². The van der Waals surface area contributed by atoms with Gasteiger partial charge in [0.15, 0.2) is 5.76 Å². The summed E-state index contributed by atoms with van der Waals surface area (Å²) in [6.07, 6.45) is 2.02. The molecule has 1 aliphatic heterocycles. The van der Waals surface area contributed by atoms with Gasteiger partial charge >= 0.3 is 0 Å². The molecule has 1 amide bonds. The number of hydrogen-bond acceptors (Lipinski definition) is 5. The Hall–Kier alpha value is -2.19. The number of aromatic nitrogens is 1. The first-order chi connectivity index (χ1) is 15.5. The van der Waals surface area contributed by atoms with Crippen molar-refractivity contribution in [2.75, 3.05) is 13.1 Å². The summed E-state index contributed by atoms with van der Waals surface area (Å²) < 4.78 is 32.6. The zero-order valence-electron chi connectivity index (χ0n) is 20.6. The van der Waals surface area contributed by atoms with Crippen molar-refractivity contribution in [3.8, 4) is 0 Å². The molecule has 0 aliphatic carbocycles. The molecule has 7 nitrogen and oxygen atoms in total. The molecule has 0 radical (unpaired) electrons. The number of carbonyl (C=O) groups excluding carboxylic acids is 1. The zero-order valence-corrected chi connectivity index (χ0v) is 21.4. The molecule has 33 heavy (non-hydrogen) atoms. The minimum Gasteiger partial charge on any atom is -0.360 e. The number of piperidine rings is 1. The number of rotatable bonds is 8. The summed E-state index contributed by atoms with van der Waals surface area (Å²) in [4.78, 5) is 13.2. The molecule has 1 atom stereocenters. The van der Waals surface area contributed by atoms with Gasteiger partial charge in [0.2, 0.25) is 15.9 Å². The fraction of sp³-hybridized carbons (Fsp3) is 0.600. The van der Waals surface area contributed by atoms with Crippen molar-refractivity contribution in [2.24, 2.45) is 17.8 Å². The van der Waals surface area contributed by atoms with Crippen molar-refractivity contribution in [3.63, 3.8) is 0 Å². The summed E-state index contributed by atoms with van der Waals surface area (Å²) in [7, 11) is -3.68. The van der Waals surface area contributed by atoms with Crippen LogP contribution in [0.4, 0.5) is 0 Å². The predicted molar refractivity (Wildman–Crippen MR) is 128 cm³/mol. The molecule has 1 saturated heterocycles. The molecule has 2 heterocycles. The first-order valence-electron chi connectivity index (χ1n) is 11.8. The lowest BCUT2D eigenvalue weighted by Crippen LogP contribution is -2.44. The lowest BCUT2D eigenvalue weighted by molar-refractivity contribution is -0.127. The van der Waals surface area contributed by atoms with Gasteiger partial charge in [0.25, 0.3) is 0 Å². The van der Waals surface area contributed by atoms with Crippen molar-refractivity contribution in [3.05, 3.63) is 46.8 Å². The maximum absolute atomic E-state index is 13.1. The van der Waals surface area contributed by atoms with E-state index >= 15 is 0 Å². The largest absolute Gasteiger partial charge is 0.360 e. The number of amides is 1. The molecule has 1 aromatic carbocycles. The van der Waals surface area contributed by atoms with Gasteiger partial charge in [-0.2, -0.15) is 4.31 Å². The summed E-state index contributed by atoms with van der Waals surface area (Å²) in [6, 6.07) is 8.45. The van der Waals surface area contributed by atoms with Crippen LogP contribution in [0.2, 0.25) is 0 Å². The normalized spacial score (nSPS) is 17.0. The number of carbonyl (C=O) groups is 1. The maximum Gasteiger partial charge on any atom is 0.248 e. The lowest BCUT2D eigenvalue weighted by atomic mass is 9.91. The first kappa shape index (κ1) is 25.4. The Kier molecular flexibility index (Phi) is 8.00. The molecule has 3 rings (SSSR count). The van der Waals surface area contributed by atoms with Crippen LogP contribution >= 0.6 is 0 Å². The van der Waals surface area contributed by atoms with Gasteiger partial charge in [-0.15, -0.1) is 0 Å². The van der Waals surface area contributed by atoms with E-state index in [1.54, 1.807) is 13.8 Å². The van der Waals surface area contributed by atoms with Gasteiger partial charge in [-0.25, -0.2) is 8.42 Å². The molecular weight excluding hydrogens is 438 g/mol. The first-order valence-corrected chi connectivity index (χ1v) is 13.3. The van der Waals surface area contributed by atoms with Crippen LogP contribution < -0.4 is 5.32 Å². The molecule has 1 aromatic heterocycles. The van der Waals surface area contributed by atoms with Crippen molar-refractivity contribution in [1.82, 2.24) is 14.8 Å². The molecule has 8 heteroatoms. The Morgan fingerprint density at radius 3 is 2.21 bits per heavy atom. The topological polar surface area (TPSA) is 92.5 Å². The molecule has 1 unspecified atom stereocenters. The third kappa shape index (κ3) is 5.84. The van der Waals surface area contributed by atoms with Crippen LogP contribution in [0.15, 0.2) is 33.7 Å². The van der Waals surface area contributed by atoms with Crippen LogP contribution in [0.3, 0.4) is 0 Å². The molecule has 1 N–H and O–H groups in total. The van der Waals surface area contributed by atoms with Crippen LogP contribution in [0, 0.1) is 31.6 Å². The van der Waals surface area contributed by atoms with Gasteiger partial charge in [-0.05, 0) is 56.1 Å². The van der Waals surface area contributed by atoms with Crippen molar-refractivity contribution < 1.29 is 17.7 Å². The highest BCUT2D eigenvalue weighted by Gasteiger charge is 2.36. The smallest absolute Gasteiger partial charge is 0.248 e. The number of hydrogen-bond donors (Lipinski definition) is 1. The van der Waals surface area contributed by atoms with Crippen LogP contribution in [0.25, 0.3) is 0 Å². The number of sulfonamides is 1. The van der Waals surface area contributed by atoms with Crippen LogP contribution in [-0.4, -0.2) is 36.9 Å². The quantitative estimate of drug-likeness (QED) is 0.611. The van der Waals surface area contributed by atoms with Crippen LogP contribution in [0.5, 0.6) is 0 Å². The minimum atomic E-state index is -3.68. The number of benzene rings is 1. The van der Waals surface area contributed by atoms with Gasteiger partial charge in [-0.3, -0.25) is 4.79 Å². The third-order valence-electron chi connectivity index (χ3n) is 6.34. The molecular formula is C25H37N3O4S. The molecule has 1 fully saturated rings. The average Bonchev–Trinajstić information content (AvgIpc) is 3.10. The molecule has 0 spiro atoms. The van der Waals surface area contributed by atoms with E-state index in [2.05, 4.69) is 62.4 Å². The molecule has 0 saturated carbocycles. The molecule has 182 valence electrons. The van der Waals surface area contributed by atoms with E-state index in [0.717, 1.165) is 12.0 Å². The summed E-state index contributed by atoms with van der Waals surface area (Å²) in [5.41, 5.74) is 2.77. The highest BCUT2D eigenvalue weighted by atomic mass is 32.2. The van der Waals surface area contributed by atoms with Gasteiger partial charge in [0.05, 0.1) is 6.04 Å². The second-order valence-corrected chi connectivity index (χ2v) is 11.8. The van der Waals surface area contributed by atoms with Gasteiger partial charge < -0.3 is 9.84 Å². The highest BCUT2D eigenvalue weighted by Crippen LogP contribution is 2.29. The second-order valence-electron chi connectivity index (χ2n) is 9.90. The van der Waals surface area contributed by atoms with Crippen molar-refractivity contribution in [2.45, 2.75) is 71.7 Å². The second kappa shape index (κ2) is 10.4. The summed E-state index contributed by atoms with van der Waals surface area (Å²) in [5.74, 6) is 0.928.